The first-order valence-electron chi connectivity index (χ1n) is 5.81. The molecule has 0 bridgehead atoms. The van der Waals surface area contributed by atoms with Crippen LogP contribution in [-0.2, 0) is 0 Å². The number of nitriles is 1. The smallest absolute Gasteiger partial charge is 0.157 e. The van der Waals surface area contributed by atoms with Gasteiger partial charge < -0.3 is 10.2 Å². The fraction of sp³-hybridized carbons (Fsp3) is 0.0625. The Hall–Kier alpha value is -2.73. The van der Waals surface area contributed by atoms with E-state index < -0.39 is 0 Å². The van der Waals surface area contributed by atoms with E-state index in [0.29, 0.717) is 11.1 Å². The quantitative estimate of drug-likeness (QED) is 0.488. The van der Waals surface area contributed by atoms with Gasteiger partial charge in [-0.1, -0.05) is 35.9 Å². The molecule has 0 spiro atoms. The van der Waals surface area contributed by atoms with Gasteiger partial charge in [0.2, 0.25) is 0 Å². The van der Waals surface area contributed by atoms with Gasteiger partial charge >= 0.3 is 0 Å². The van der Waals surface area contributed by atoms with Crippen LogP contribution in [0.3, 0.4) is 0 Å². The van der Waals surface area contributed by atoms with Gasteiger partial charge in [0.25, 0.3) is 0 Å². The second-order valence-corrected chi connectivity index (χ2v) is 4.29. The lowest BCUT2D eigenvalue weighted by molar-refractivity contribution is 0.403. The van der Waals surface area contributed by atoms with E-state index in [1.807, 2.05) is 31.2 Å². The number of rotatable bonds is 2. The van der Waals surface area contributed by atoms with Gasteiger partial charge in [-0.05, 0) is 36.3 Å². The first kappa shape index (κ1) is 12.7. The summed E-state index contributed by atoms with van der Waals surface area (Å²) < 4.78 is 0. The Balaban J connectivity index is 2.44. The summed E-state index contributed by atoms with van der Waals surface area (Å²) in [5, 5.41) is 27.9. The molecule has 0 aromatic heterocycles. The Morgan fingerprint density at radius 2 is 1.89 bits per heavy atom. The normalized spacial score (nSPS) is 11.1. The van der Waals surface area contributed by atoms with Crippen LogP contribution in [0.2, 0.25) is 0 Å². The van der Waals surface area contributed by atoms with Crippen molar-refractivity contribution in [2.24, 2.45) is 0 Å². The molecule has 0 saturated heterocycles. The zero-order chi connectivity index (χ0) is 13.8. The molecule has 3 heteroatoms. The summed E-state index contributed by atoms with van der Waals surface area (Å²) in [5.74, 6) is -0.374. The van der Waals surface area contributed by atoms with Crippen molar-refractivity contribution < 1.29 is 10.2 Å². The molecular weight excluding hydrogens is 238 g/mol. The highest BCUT2D eigenvalue weighted by Crippen LogP contribution is 2.27. The van der Waals surface area contributed by atoms with Gasteiger partial charge in [-0.15, -0.1) is 0 Å². The first-order chi connectivity index (χ1) is 9.10. The minimum atomic E-state index is -0.199. The topological polar surface area (TPSA) is 64.2 Å². The van der Waals surface area contributed by atoms with Gasteiger partial charge in [0.1, 0.15) is 0 Å². The fourth-order valence-electron chi connectivity index (χ4n) is 1.79. The number of hydrogen-bond acceptors (Lipinski definition) is 3. The van der Waals surface area contributed by atoms with Crippen molar-refractivity contribution in [3.63, 3.8) is 0 Å². The molecule has 2 aromatic rings. The van der Waals surface area contributed by atoms with Crippen molar-refractivity contribution in [1.29, 1.82) is 5.26 Å². The van der Waals surface area contributed by atoms with Gasteiger partial charge in [-0.25, -0.2) is 0 Å². The molecule has 0 aliphatic heterocycles. The molecule has 0 fully saturated rings. The van der Waals surface area contributed by atoms with Crippen molar-refractivity contribution >= 4 is 11.6 Å². The van der Waals surface area contributed by atoms with Crippen LogP contribution >= 0.6 is 0 Å². The predicted octanol–water partition coefficient (Wildman–Crippen LogP) is 3.47. The summed E-state index contributed by atoms with van der Waals surface area (Å²) in [6.45, 7) is 1.96. The Morgan fingerprint density at radius 1 is 1.11 bits per heavy atom. The maximum absolute atomic E-state index is 9.44. The van der Waals surface area contributed by atoms with Crippen LogP contribution in [0, 0.1) is 18.3 Å². The molecule has 19 heavy (non-hydrogen) atoms. The van der Waals surface area contributed by atoms with Crippen molar-refractivity contribution in [3.8, 4) is 17.6 Å². The van der Waals surface area contributed by atoms with Crippen LogP contribution in [0.5, 0.6) is 11.5 Å². The Bertz CT molecular complexity index is 681. The summed E-state index contributed by atoms with van der Waals surface area (Å²) >= 11 is 0. The Morgan fingerprint density at radius 3 is 2.53 bits per heavy atom. The van der Waals surface area contributed by atoms with Crippen molar-refractivity contribution in [2.45, 2.75) is 6.92 Å². The number of phenolic OH excluding ortho intramolecular Hbond substituents is 2. The van der Waals surface area contributed by atoms with Crippen LogP contribution < -0.4 is 0 Å². The van der Waals surface area contributed by atoms with E-state index in [1.54, 1.807) is 12.1 Å². The number of aromatic hydroxyl groups is 2. The average molecular weight is 251 g/mol. The molecule has 2 rings (SSSR count). The SMILES string of the molecule is Cc1cccc(/C(C#N)=C/c2ccc(O)c(O)c2)c1. The molecule has 94 valence electrons. The number of nitrogens with zero attached hydrogens (tertiary/aromatic N) is 1. The zero-order valence-electron chi connectivity index (χ0n) is 10.5. The van der Waals surface area contributed by atoms with E-state index in [-0.39, 0.29) is 11.5 Å². The number of allylic oxidation sites excluding steroid dienone is 1. The van der Waals surface area contributed by atoms with Crippen LogP contribution in [0.1, 0.15) is 16.7 Å². The van der Waals surface area contributed by atoms with Crippen LogP contribution in [0.15, 0.2) is 42.5 Å². The summed E-state index contributed by atoms with van der Waals surface area (Å²) in [7, 11) is 0. The monoisotopic (exact) mass is 251 g/mol. The second-order valence-electron chi connectivity index (χ2n) is 4.29. The summed E-state index contributed by atoms with van der Waals surface area (Å²) in [6.07, 6.45) is 1.67. The molecule has 0 aliphatic rings. The Kier molecular flexibility index (Phi) is 3.53. The van der Waals surface area contributed by atoms with Crippen LogP contribution in [0.4, 0.5) is 0 Å². The molecule has 0 heterocycles. The van der Waals surface area contributed by atoms with E-state index in [0.717, 1.165) is 11.1 Å². The highest BCUT2D eigenvalue weighted by atomic mass is 16.3. The second kappa shape index (κ2) is 5.28. The summed E-state index contributed by atoms with van der Waals surface area (Å²) in [4.78, 5) is 0. The van der Waals surface area contributed by atoms with E-state index in [1.165, 1.54) is 12.1 Å². The molecular formula is C16H13NO2. The minimum absolute atomic E-state index is 0.175. The van der Waals surface area contributed by atoms with Crippen molar-refractivity contribution in [1.82, 2.24) is 0 Å². The lowest BCUT2D eigenvalue weighted by Crippen LogP contribution is -1.83. The number of aryl methyl sites for hydroxylation is 1. The van der Waals surface area contributed by atoms with E-state index in [4.69, 9.17) is 0 Å². The highest BCUT2D eigenvalue weighted by Gasteiger charge is 2.03. The minimum Gasteiger partial charge on any atom is -0.504 e. The molecule has 0 unspecified atom stereocenters. The standard InChI is InChI=1S/C16H13NO2/c1-11-3-2-4-13(7-11)14(10-17)8-12-5-6-15(18)16(19)9-12/h2-9,18-19H,1H3/b14-8+. The highest BCUT2D eigenvalue weighted by molar-refractivity contribution is 5.89. The summed E-state index contributed by atoms with van der Waals surface area (Å²) in [6, 6.07) is 14.2. The fourth-order valence-corrected chi connectivity index (χ4v) is 1.79. The largest absolute Gasteiger partial charge is 0.504 e. The van der Waals surface area contributed by atoms with Gasteiger partial charge in [-0.2, -0.15) is 5.26 Å². The number of benzene rings is 2. The molecule has 2 N–H and O–H groups in total. The lowest BCUT2D eigenvalue weighted by atomic mass is 10.0. The van der Waals surface area contributed by atoms with Crippen molar-refractivity contribution in [2.75, 3.05) is 0 Å². The molecule has 0 saturated carbocycles. The molecule has 2 aromatic carbocycles. The van der Waals surface area contributed by atoms with E-state index in [2.05, 4.69) is 6.07 Å². The molecule has 0 aliphatic carbocycles. The molecule has 3 nitrogen and oxygen atoms in total. The van der Waals surface area contributed by atoms with Crippen molar-refractivity contribution in [3.05, 3.63) is 59.2 Å². The number of phenols is 2. The third kappa shape index (κ3) is 2.93. The predicted molar refractivity (Wildman–Crippen MR) is 74.4 cm³/mol. The van der Waals surface area contributed by atoms with E-state index in [9.17, 15) is 15.5 Å². The van der Waals surface area contributed by atoms with Gasteiger partial charge in [0.05, 0.1) is 11.6 Å². The van der Waals surface area contributed by atoms with E-state index >= 15 is 0 Å². The van der Waals surface area contributed by atoms with Gasteiger partial charge in [0, 0.05) is 0 Å². The maximum atomic E-state index is 9.44. The van der Waals surface area contributed by atoms with Crippen LogP contribution in [0.25, 0.3) is 11.6 Å². The maximum Gasteiger partial charge on any atom is 0.157 e. The first-order valence-corrected chi connectivity index (χ1v) is 5.81. The van der Waals surface area contributed by atoms with Crippen LogP contribution in [-0.4, -0.2) is 10.2 Å². The third-order valence-electron chi connectivity index (χ3n) is 2.76. The Labute approximate surface area is 111 Å². The summed E-state index contributed by atoms with van der Waals surface area (Å²) in [5.41, 5.74) is 3.07. The lowest BCUT2D eigenvalue weighted by Gasteiger charge is -2.02. The van der Waals surface area contributed by atoms with Gasteiger partial charge in [0.15, 0.2) is 11.5 Å². The molecule has 0 radical (unpaired) electrons. The van der Waals surface area contributed by atoms with Gasteiger partial charge in [-0.3, -0.25) is 0 Å². The zero-order valence-corrected chi connectivity index (χ0v) is 10.5. The molecule has 0 atom stereocenters. The number of hydrogen-bond donors (Lipinski definition) is 2. The third-order valence-corrected chi connectivity index (χ3v) is 2.76. The molecule has 0 amide bonds. The average Bonchev–Trinajstić information content (AvgIpc) is 2.40.